The Labute approximate surface area is 274 Å². The molecule has 2 aromatic carbocycles. The number of aliphatic hydroxyl groups excluding tert-OH is 2. The lowest BCUT2D eigenvalue weighted by Gasteiger charge is -2.60. The maximum atomic E-state index is 14.6. The van der Waals surface area contributed by atoms with Crippen LogP contribution in [0.25, 0.3) is 5.76 Å². The molecule has 0 aliphatic heterocycles. The highest BCUT2D eigenvalue weighted by Gasteiger charge is 2.72. The molecule has 1 saturated carbocycles. The first kappa shape index (κ1) is 34.0. The van der Waals surface area contributed by atoms with Crippen LogP contribution in [0.2, 0.25) is 0 Å². The topological polar surface area (TPSA) is 166 Å². The summed E-state index contributed by atoms with van der Waals surface area (Å²) in [6.45, 7) is 11.8. The van der Waals surface area contributed by atoms with Gasteiger partial charge in [0.05, 0.1) is 12.0 Å². The number of carbonyl (C=O) groups is 5. The zero-order valence-corrected chi connectivity index (χ0v) is 27.9. The lowest BCUT2D eigenvalue weighted by atomic mass is 9.43. The van der Waals surface area contributed by atoms with Crippen molar-refractivity contribution in [2.24, 2.45) is 22.7 Å². The average molecular weight is 643 g/mol. The zero-order chi connectivity index (χ0) is 35.0. The number of fused-ring (bicyclic) bond motifs is 3. The third kappa shape index (κ3) is 4.89. The van der Waals surface area contributed by atoms with Crippen LogP contribution in [-0.4, -0.2) is 54.9 Å². The van der Waals surface area contributed by atoms with Gasteiger partial charge in [0.2, 0.25) is 5.78 Å². The minimum absolute atomic E-state index is 0.00889. The standard InChI is InChI=1S/C38H42O9/c1-18(2)24-14-22(13-23(40)15-26(41)21-11-9-8-10-12-21)31(42)28-25(24)16-36(6)17-37(7)29(19(3)4)32(43)27(20(5)39)34(45)38(37,47)35(46)30(36)33(28)44/h8-12,14,18-19,29,42,44-45,47H,13,15-17H2,1-7H3/t29?,36-,37-,38+/m1/s1. The number of hydrogen-bond acceptors (Lipinski definition) is 9. The summed E-state index contributed by atoms with van der Waals surface area (Å²) in [4.78, 5) is 66.7. The first-order valence-corrected chi connectivity index (χ1v) is 16.0. The molecule has 2 aromatic rings. The highest BCUT2D eigenvalue weighted by Crippen LogP contribution is 2.65. The van der Waals surface area contributed by atoms with E-state index in [1.807, 2.05) is 13.8 Å². The largest absolute Gasteiger partial charge is 0.508 e. The Hall–Kier alpha value is -4.37. The van der Waals surface area contributed by atoms with Gasteiger partial charge in [0.1, 0.15) is 28.6 Å². The molecular weight excluding hydrogens is 600 g/mol. The number of allylic oxidation sites excluding steroid dienone is 1. The maximum Gasteiger partial charge on any atom is 0.203 e. The molecule has 248 valence electrons. The molecule has 3 aliphatic rings. The van der Waals surface area contributed by atoms with E-state index >= 15 is 0 Å². The van der Waals surface area contributed by atoms with Gasteiger partial charge in [-0.1, -0.05) is 77.9 Å². The summed E-state index contributed by atoms with van der Waals surface area (Å²) in [6.07, 6.45) is -0.571. The second kappa shape index (κ2) is 11.4. The Balaban J connectivity index is 1.68. The van der Waals surface area contributed by atoms with Crippen LogP contribution in [0, 0.1) is 22.7 Å². The third-order valence-electron chi connectivity index (χ3n) is 10.6. The molecule has 4 atom stereocenters. The molecule has 0 saturated heterocycles. The molecule has 0 bridgehead atoms. The Morgan fingerprint density at radius 1 is 0.979 bits per heavy atom. The van der Waals surface area contributed by atoms with E-state index in [1.165, 1.54) is 0 Å². The van der Waals surface area contributed by atoms with Crippen LogP contribution in [0.4, 0.5) is 0 Å². The predicted molar refractivity (Wildman–Crippen MR) is 174 cm³/mol. The Kier molecular flexibility index (Phi) is 8.24. The van der Waals surface area contributed by atoms with Crippen LogP contribution in [-0.2, 0) is 32.0 Å². The van der Waals surface area contributed by atoms with Gasteiger partial charge in [-0.3, -0.25) is 24.0 Å². The Morgan fingerprint density at radius 3 is 2.15 bits per heavy atom. The molecule has 0 aromatic heterocycles. The molecule has 0 radical (unpaired) electrons. The van der Waals surface area contributed by atoms with Gasteiger partial charge < -0.3 is 20.4 Å². The molecule has 0 heterocycles. The van der Waals surface area contributed by atoms with Gasteiger partial charge in [0.25, 0.3) is 0 Å². The van der Waals surface area contributed by atoms with Crippen molar-refractivity contribution in [2.45, 2.75) is 85.7 Å². The van der Waals surface area contributed by atoms with Gasteiger partial charge in [-0.05, 0) is 42.7 Å². The van der Waals surface area contributed by atoms with Gasteiger partial charge >= 0.3 is 0 Å². The van der Waals surface area contributed by atoms with Crippen LogP contribution >= 0.6 is 0 Å². The summed E-state index contributed by atoms with van der Waals surface area (Å²) in [5, 5.41) is 47.2. The van der Waals surface area contributed by atoms with Crippen molar-refractivity contribution in [3.8, 4) is 5.75 Å². The van der Waals surface area contributed by atoms with Gasteiger partial charge in [0.15, 0.2) is 23.0 Å². The number of hydrogen-bond donors (Lipinski definition) is 4. The zero-order valence-electron chi connectivity index (χ0n) is 27.9. The Bertz CT molecular complexity index is 1810. The summed E-state index contributed by atoms with van der Waals surface area (Å²) < 4.78 is 0. The second-order valence-corrected chi connectivity index (χ2v) is 14.6. The molecule has 0 amide bonds. The van der Waals surface area contributed by atoms with Crippen molar-refractivity contribution in [2.75, 3.05) is 0 Å². The Morgan fingerprint density at radius 2 is 1.60 bits per heavy atom. The van der Waals surface area contributed by atoms with E-state index in [0.29, 0.717) is 11.1 Å². The third-order valence-corrected chi connectivity index (χ3v) is 10.6. The van der Waals surface area contributed by atoms with Gasteiger partial charge in [-0.25, -0.2) is 0 Å². The second-order valence-electron chi connectivity index (χ2n) is 14.6. The fourth-order valence-corrected chi connectivity index (χ4v) is 8.70. The molecule has 47 heavy (non-hydrogen) atoms. The van der Waals surface area contributed by atoms with Crippen LogP contribution < -0.4 is 0 Å². The predicted octanol–water partition coefficient (Wildman–Crippen LogP) is 5.70. The van der Waals surface area contributed by atoms with E-state index < -0.39 is 80.7 Å². The van der Waals surface area contributed by atoms with E-state index in [0.717, 1.165) is 12.5 Å². The smallest absolute Gasteiger partial charge is 0.203 e. The molecule has 9 heteroatoms. The molecule has 9 nitrogen and oxygen atoms in total. The van der Waals surface area contributed by atoms with Crippen LogP contribution in [0.5, 0.6) is 5.75 Å². The van der Waals surface area contributed by atoms with Crippen molar-refractivity contribution < 1.29 is 44.4 Å². The monoisotopic (exact) mass is 642 g/mol. The summed E-state index contributed by atoms with van der Waals surface area (Å²) in [7, 11) is 0. The summed E-state index contributed by atoms with van der Waals surface area (Å²) in [5.74, 6) is -6.91. The molecule has 4 N–H and O–H groups in total. The van der Waals surface area contributed by atoms with Crippen molar-refractivity contribution >= 4 is 34.7 Å². The van der Waals surface area contributed by atoms with Crippen molar-refractivity contribution in [3.05, 3.63) is 81.1 Å². The highest BCUT2D eigenvalue weighted by molar-refractivity contribution is 6.24. The lowest BCUT2D eigenvalue weighted by Crippen LogP contribution is -2.69. The van der Waals surface area contributed by atoms with E-state index in [4.69, 9.17) is 0 Å². The van der Waals surface area contributed by atoms with Crippen molar-refractivity contribution in [1.82, 2.24) is 0 Å². The van der Waals surface area contributed by atoms with Gasteiger partial charge in [0, 0.05) is 39.9 Å². The lowest BCUT2D eigenvalue weighted by molar-refractivity contribution is -0.178. The first-order chi connectivity index (χ1) is 21.8. The van der Waals surface area contributed by atoms with Crippen molar-refractivity contribution in [1.29, 1.82) is 0 Å². The number of phenols is 1. The molecule has 1 fully saturated rings. The molecule has 1 unspecified atom stereocenters. The average Bonchev–Trinajstić information content (AvgIpc) is 2.96. The first-order valence-electron chi connectivity index (χ1n) is 16.0. The molecule has 3 aliphatic carbocycles. The van der Waals surface area contributed by atoms with Crippen LogP contribution in [0.1, 0.15) is 99.8 Å². The summed E-state index contributed by atoms with van der Waals surface area (Å²) in [6, 6.07) is 10.1. The molecule has 5 rings (SSSR count). The maximum absolute atomic E-state index is 14.6. The number of aromatic hydroxyl groups is 1. The van der Waals surface area contributed by atoms with Gasteiger partial charge in [-0.15, -0.1) is 0 Å². The van der Waals surface area contributed by atoms with E-state index in [-0.39, 0.29) is 47.7 Å². The van der Waals surface area contributed by atoms with E-state index in [1.54, 1.807) is 64.1 Å². The van der Waals surface area contributed by atoms with E-state index in [9.17, 15) is 44.4 Å². The fourth-order valence-electron chi connectivity index (χ4n) is 8.70. The number of Topliss-reactive ketones (excluding diaryl/α,β-unsaturated/α-hetero) is 5. The fraction of sp³-hybridized carbons (Fsp3) is 0.447. The SMILES string of the molecule is CC(=O)C1=C(O)[C@]2(O)C(=O)C3=C(O)c4c(O)c(CC(=O)CC(=O)c5ccccc5)cc(C(C)C)c4C[C@]3(C)C[C@]2(C)C(C(C)C)C1=O. The molecule has 0 spiro atoms. The summed E-state index contributed by atoms with van der Waals surface area (Å²) in [5.41, 5.74) is -4.48. The minimum atomic E-state index is -2.71. The van der Waals surface area contributed by atoms with E-state index in [2.05, 4.69) is 0 Å². The quantitative estimate of drug-likeness (QED) is 0.161. The van der Waals surface area contributed by atoms with Gasteiger partial charge in [-0.2, -0.15) is 0 Å². The normalized spacial score (nSPS) is 27.1. The minimum Gasteiger partial charge on any atom is -0.508 e. The number of rotatable bonds is 8. The number of benzene rings is 2. The number of phenolic OH excluding ortho intramolecular Hbond substituents is 1. The number of carbonyl (C=O) groups excluding carboxylic acids is 5. The highest BCUT2D eigenvalue weighted by atomic mass is 16.3. The summed E-state index contributed by atoms with van der Waals surface area (Å²) >= 11 is 0. The van der Waals surface area contributed by atoms with Crippen LogP contribution in [0.15, 0.2) is 53.3 Å². The number of aliphatic hydroxyl groups is 3. The van der Waals surface area contributed by atoms with Crippen LogP contribution in [0.3, 0.4) is 0 Å². The molecular formula is C38H42O9. The van der Waals surface area contributed by atoms with Crippen molar-refractivity contribution in [3.63, 3.8) is 0 Å². The number of ketones is 5.